The van der Waals surface area contributed by atoms with Crippen molar-refractivity contribution < 1.29 is 14.3 Å². The molecule has 1 aromatic rings. The fraction of sp³-hybridized carbons (Fsp3) is 0.583. The Labute approximate surface area is 112 Å². The van der Waals surface area contributed by atoms with Crippen LogP contribution in [0, 0.1) is 0 Å². The van der Waals surface area contributed by atoms with Crippen LogP contribution in [-0.4, -0.2) is 45.9 Å². The van der Waals surface area contributed by atoms with Crippen molar-refractivity contribution in [3.8, 4) is 0 Å². The third kappa shape index (κ3) is 5.41. The molecule has 0 aliphatic rings. The predicted molar refractivity (Wildman–Crippen MR) is 70.7 cm³/mol. The molecule has 1 heterocycles. The molecule has 0 saturated carbocycles. The maximum absolute atomic E-state index is 11.7. The Bertz CT molecular complexity index is 462. The number of likely N-dealkylation sites (N-methyl/N-ethyl adjacent to an activating group) is 1. The number of carbonyl (C=O) groups is 2. The highest BCUT2D eigenvalue weighted by atomic mass is 16.6. The monoisotopic (exact) mass is 268 g/mol. The number of carbonyl (C=O) groups excluding carboxylic acids is 2. The Balaban J connectivity index is 2.46. The lowest BCUT2D eigenvalue weighted by Gasteiger charge is -2.24. The first-order valence-corrected chi connectivity index (χ1v) is 5.90. The summed E-state index contributed by atoms with van der Waals surface area (Å²) in [6.07, 6.45) is 2.67. The number of rotatable bonds is 3. The van der Waals surface area contributed by atoms with Gasteiger partial charge in [0.2, 0.25) is 5.91 Å². The quantitative estimate of drug-likeness (QED) is 0.894. The summed E-state index contributed by atoms with van der Waals surface area (Å²) < 4.78 is 6.72. The van der Waals surface area contributed by atoms with Crippen LogP contribution in [0.15, 0.2) is 12.4 Å². The Hall–Kier alpha value is -2.05. The number of nitrogens with zero attached hydrogens (tertiary/aromatic N) is 3. The lowest BCUT2D eigenvalue weighted by atomic mass is 10.2. The largest absolute Gasteiger partial charge is 0.444 e. The van der Waals surface area contributed by atoms with Crippen LogP contribution in [0.2, 0.25) is 0 Å². The summed E-state index contributed by atoms with van der Waals surface area (Å²) >= 11 is 0. The molecule has 0 aliphatic carbocycles. The number of nitrogens with one attached hydrogen (secondary N) is 1. The molecule has 0 unspecified atom stereocenters. The number of aromatic nitrogens is 2. The zero-order valence-corrected chi connectivity index (χ0v) is 11.9. The standard InChI is InChI=1S/C12H20N4O3/c1-12(2,3)19-11(18)15(4)8-10(17)14-9-6-13-16(5)7-9/h6-7H,8H2,1-5H3,(H,14,17). The molecule has 0 saturated heterocycles. The van der Waals surface area contributed by atoms with E-state index in [0.29, 0.717) is 5.69 Å². The molecule has 0 bridgehead atoms. The van der Waals surface area contributed by atoms with Crippen LogP contribution in [0.25, 0.3) is 0 Å². The number of amides is 2. The maximum atomic E-state index is 11.7. The first kappa shape index (κ1) is 15.0. The first-order chi connectivity index (χ1) is 8.67. The third-order valence-electron chi connectivity index (χ3n) is 2.07. The van der Waals surface area contributed by atoms with E-state index in [1.807, 2.05) is 0 Å². The van der Waals surface area contributed by atoms with Gasteiger partial charge in [0.15, 0.2) is 0 Å². The normalized spacial score (nSPS) is 11.0. The molecule has 19 heavy (non-hydrogen) atoms. The molecular formula is C12H20N4O3. The summed E-state index contributed by atoms with van der Waals surface area (Å²) in [7, 11) is 3.26. The van der Waals surface area contributed by atoms with Crippen molar-refractivity contribution >= 4 is 17.7 Å². The Morgan fingerprint density at radius 3 is 2.58 bits per heavy atom. The van der Waals surface area contributed by atoms with Crippen LogP contribution in [0.5, 0.6) is 0 Å². The van der Waals surface area contributed by atoms with Gasteiger partial charge in [0, 0.05) is 20.3 Å². The second-order valence-corrected chi connectivity index (χ2v) is 5.29. The molecule has 0 radical (unpaired) electrons. The molecule has 0 atom stereocenters. The second kappa shape index (κ2) is 5.73. The lowest BCUT2D eigenvalue weighted by Crippen LogP contribution is -2.38. The van der Waals surface area contributed by atoms with Gasteiger partial charge in [0.05, 0.1) is 11.9 Å². The third-order valence-corrected chi connectivity index (χ3v) is 2.07. The summed E-state index contributed by atoms with van der Waals surface area (Å²) in [6, 6.07) is 0. The predicted octanol–water partition coefficient (Wildman–Crippen LogP) is 1.23. The van der Waals surface area contributed by atoms with Crippen molar-refractivity contribution in [3.05, 3.63) is 12.4 Å². The number of anilines is 1. The SMILES string of the molecule is CN(CC(=O)Nc1cnn(C)c1)C(=O)OC(C)(C)C. The summed E-state index contributed by atoms with van der Waals surface area (Å²) in [5.74, 6) is -0.304. The van der Waals surface area contributed by atoms with Crippen molar-refractivity contribution in [3.63, 3.8) is 0 Å². The topological polar surface area (TPSA) is 76.5 Å². The van der Waals surface area contributed by atoms with Crippen LogP contribution < -0.4 is 5.32 Å². The zero-order valence-electron chi connectivity index (χ0n) is 11.9. The van der Waals surface area contributed by atoms with E-state index in [1.54, 1.807) is 38.7 Å². The fourth-order valence-corrected chi connectivity index (χ4v) is 1.31. The fourth-order valence-electron chi connectivity index (χ4n) is 1.31. The van der Waals surface area contributed by atoms with Crippen molar-refractivity contribution in [1.82, 2.24) is 14.7 Å². The molecule has 0 spiro atoms. The van der Waals surface area contributed by atoms with Crippen LogP contribution in [0.1, 0.15) is 20.8 Å². The number of ether oxygens (including phenoxy) is 1. The molecule has 0 fully saturated rings. The van der Waals surface area contributed by atoms with Gasteiger partial charge >= 0.3 is 6.09 Å². The Morgan fingerprint density at radius 1 is 1.47 bits per heavy atom. The molecule has 1 aromatic heterocycles. The van der Waals surface area contributed by atoms with E-state index in [-0.39, 0.29) is 12.5 Å². The van der Waals surface area contributed by atoms with E-state index in [2.05, 4.69) is 10.4 Å². The molecule has 0 aliphatic heterocycles. The zero-order chi connectivity index (χ0) is 14.6. The maximum Gasteiger partial charge on any atom is 0.410 e. The van der Waals surface area contributed by atoms with Gasteiger partial charge in [-0.1, -0.05) is 0 Å². The van der Waals surface area contributed by atoms with Gasteiger partial charge in [-0.2, -0.15) is 5.10 Å². The van der Waals surface area contributed by atoms with E-state index in [4.69, 9.17) is 4.74 Å². The second-order valence-electron chi connectivity index (χ2n) is 5.29. The molecule has 106 valence electrons. The van der Waals surface area contributed by atoms with Crippen molar-refractivity contribution in [1.29, 1.82) is 0 Å². The molecule has 1 N–H and O–H groups in total. The molecule has 2 amide bonds. The molecular weight excluding hydrogens is 248 g/mol. The van der Waals surface area contributed by atoms with Gasteiger partial charge in [0.25, 0.3) is 0 Å². The summed E-state index contributed by atoms with van der Waals surface area (Å²) in [5.41, 5.74) is 0.00984. The van der Waals surface area contributed by atoms with Crippen molar-refractivity contribution in [2.75, 3.05) is 18.9 Å². The van der Waals surface area contributed by atoms with Gasteiger partial charge in [-0.05, 0) is 20.8 Å². The average molecular weight is 268 g/mol. The minimum Gasteiger partial charge on any atom is -0.444 e. The van der Waals surface area contributed by atoms with Gasteiger partial charge < -0.3 is 15.0 Å². The van der Waals surface area contributed by atoms with Gasteiger partial charge in [0.1, 0.15) is 12.1 Å². The highest BCUT2D eigenvalue weighted by molar-refractivity contribution is 5.93. The number of aryl methyl sites for hydroxylation is 1. The first-order valence-electron chi connectivity index (χ1n) is 5.90. The number of hydrogen-bond donors (Lipinski definition) is 1. The number of hydrogen-bond acceptors (Lipinski definition) is 4. The van der Waals surface area contributed by atoms with Crippen LogP contribution in [-0.2, 0) is 16.6 Å². The van der Waals surface area contributed by atoms with E-state index in [9.17, 15) is 9.59 Å². The van der Waals surface area contributed by atoms with Gasteiger partial charge in [-0.15, -0.1) is 0 Å². The summed E-state index contributed by atoms with van der Waals surface area (Å²) in [6.45, 7) is 5.24. The smallest absolute Gasteiger partial charge is 0.410 e. The highest BCUT2D eigenvalue weighted by Crippen LogP contribution is 2.09. The van der Waals surface area contributed by atoms with Crippen molar-refractivity contribution in [2.24, 2.45) is 7.05 Å². The van der Waals surface area contributed by atoms with E-state index >= 15 is 0 Å². The van der Waals surface area contributed by atoms with Crippen LogP contribution in [0.4, 0.5) is 10.5 Å². The molecule has 7 heteroatoms. The van der Waals surface area contributed by atoms with E-state index < -0.39 is 11.7 Å². The minimum atomic E-state index is -0.578. The van der Waals surface area contributed by atoms with Crippen LogP contribution >= 0.6 is 0 Å². The Kier molecular flexibility index (Phi) is 4.52. The minimum absolute atomic E-state index is 0.0796. The Morgan fingerprint density at radius 2 is 2.11 bits per heavy atom. The average Bonchev–Trinajstić information content (AvgIpc) is 2.60. The summed E-state index contributed by atoms with van der Waals surface area (Å²) in [5, 5.41) is 6.57. The van der Waals surface area contributed by atoms with E-state index in [0.717, 1.165) is 0 Å². The lowest BCUT2D eigenvalue weighted by molar-refractivity contribution is -0.117. The highest BCUT2D eigenvalue weighted by Gasteiger charge is 2.21. The summed E-state index contributed by atoms with van der Waals surface area (Å²) in [4.78, 5) is 24.6. The van der Waals surface area contributed by atoms with E-state index in [1.165, 1.54) is 18.1 Å². The van der Waals surface area contributed by atoms with Crippen molar-refractivity contribution in [2.45, 2.75) is 26.4 Å². The molecule has 1 rings (SSSR count). The molecule has 7 nitrogen and oxygen atoms in total. The van der Waals surface area contributed by atoms with Crippen LogP contribution in [0.3, 0.4) is 0 Å². The van der Waals surface area contributed by atoms with Gasteiger partial charge in [-0.3, -0.25) is 9.48 Å². The molecule has 0 aromatic carbocycles. The van der Waals surface area contributed by atoms with Gasteiger partial charge in [-0.25, -0.2) is 4.79 Å².